The topological polar surface area (TPSA) is 56.1 Å². The molecule has 23 heavy (non-hydrogen) atoms. The lowest BCUT2D eigenvalue weighted by molar-refractivity contribution is -0.153. The number of aryl methyl sites for hydroxylation is 1. The molecule has 0 aromatic carbocycles. The Labute approximate surface area is 145 Å². The second kappa shape index (κ2) is 5.59. The van der Waals surface area contributed by atoms with E-state index in [-0.39, 0.29) is 23.0 Å². The Morgan fingerprint density at radius 2 is 2.04 bits per heavy atom. The van der Waals surface area contributed by atoms with Crippen LogP contribution in [-0.4, -0.2) is 34.2 Å². The number of rotatable bonds is 3. The molecule has 0 spiro atoms. The molecule has 1 N–H and O–H groups in total. The van der Waals surface area contributed by atoms with Crippen LogP contribution in [0.15, 0.2) is 10.8 Å². The van der Waals surface area contributed by atoms with Crippen LogP contribution < -0.4 is 5.32 Å². The van der Waals surface area contributed by atoms with Crippen molar-refractivity contribution in [3.63, 3.8) is 0 Å². The third-order valence-corrected chi connectivity index (χ3v) is 7.07. The van der Waals surface area contributed by atoms with Gasteiger partial charge in [0.05, 0.1) is 11.8 Å². The molecule has 6 heteroatoms. The highest BCUT2D eigenvalue weighted by Crippen LogP contribution is 2.53. The average molecular weight is 382 g/mol. The summed E-state index contributed by atoms with van der Waals surface area (Å²) in [6.45, 7) is 0.819. The Morgan fingerprint density at radius 3 is 2.70 bits per heavy atom. The highest BCUT2D eigenvalue weighted by molar-refractivity contribution is 9.10. The molecule has 2 bridgehead atoms. The van der Waals surface area contributed by atoms with E-state index < -0.39 is 0 Å². The van der Waals surface area contributed by atoms with Gasteiger partial charge in [0.2, 0.25) is 5.91 Å². The summed E-state index contributed by atoms with van der Waals surface area (Å²) in [5.41, 5.74) is -0.0871. The van der Waals surface area contributed by atoms with Gasteiger partial charge < -0.3 is 14.6 Å². The van der Waals surface area contributed by atoms with E-state index in [4.69, 9.17) is 4.74 Å². The molecular weight excluding hydrogens is 358 g/mol. The van der Waals surface area contributed by atoms with E-state index in [0.29, 0.717) is 0 Å². The second-order valence-electron chi connectivity index (χ2n) is 7.48. The van der Waals surface area contributed by atoms with Crippen LogP contribution in [0.25, 0.3) is 0 Å². The third-order valence-electron chi connectivity index (χ3n) is 6.44. The normalized spacial score (nSPS) is 35.8. The molecular formula is C17H24BrN3O2. The lowest BCUT2D eigenvalue weighted by Crippen LogP contribution is -2.55. The molecule has 126 valence electrons. The molecule has 4 aliphatic rings. The molecule has 1 aromatic rings. The minimum absolute atomic E-state index is 0.0590. The zero-order valence-corrected chi connectivity index (χ0v) is 15.2. The first kappa shape index (κ1) is 15.6. The van der Waals surface area contributed by atoms with Crippen LogP contribution in [0.3, 0.4) is 0 Å². The SMILES string of the molecule is COC12CCC(C(=O)NC3CCc4ncc(Br)n4C3)(CC1)CC2. The van der Waals surface area contributed by atoms with Gasteiger partial charge in [-0.1, -0.05) is 0 Å². The van der Waals surface area contributed by atoms with Crippen molar-refractivity contribution in [3.05, 3.63) is 16.6 Å². The van der Waals surface area contributed by atoms with E-state index in [0.717, 1.165) is 68.3 Å². The predicted octanol–water partition coefficient (Wildman–Crippen LogP) is 2.82. The molecule has 5 nitrogen and oxygen atoms in total. The molecule has 1 amide bonds. The Bertz CT molecular complexity index is 603. The summed E-state index contributed by atoms with van der Waals surface area (Å²) in [7, 11) is 1.82. The van der Waals surface area contributed by atoms with Gasteiger partial charge in [-0.05, 0) is 60.9 Å². The van der Waals surface area contributed by atoms with Crippen molar-refractivity contribution >= 4 is 21.8 Å². The summed E-state index contributed by atoms with van der Waals surface area (Å²) in [5.74, 6) is 1.38. The van der Waals surface area contributed by atoms with Crippen LogP contribution in [0, 0.1) is 5.41 Å². The second-order valence-corrected chi connectivity index (χ2v) is 8.30. The van der Waals surface area contributed by atoms with E-state index in [9.17, 15) is 4.79 Å². The maximum atomic E-state index is 13.0. The molecule has 3 aliphatic carbocycles. The van der Waals surface area contributed by atoms with Crippen molar-refractivity contribution < 1.29 is 9.53 Å². The number of methoxy groups -OCH3 is 1. The molecule has 1 atom stereocenters. The highest BCUT2D eigenvalue weighted by Gasteiger charge is 2.52. The fourth-order valence-electron chi connectivity index (χ4n) is 4.65. The minimum atomic E-state index is -0.146. The standard InChI is InChI=1S/C17H24BrN3O2/c1-23-17-7-4-16(5-8-17,6-9-17)15(22)20-12-2-3-14-19-10-13(18)21(14)11-12/h10,12H,2-9,11H2,1H3,(H,20,22). The van der Waals surface area contributed by atoms with Gasteiger partial charge in [-0.3, -0.25) is 4.79 Å². The van der Waals surface area contributed by atoms with Crippen LogP contribution in [0.4, 0.5) is 0 Å². The maximum absolute atomic E-state index is 13.0. The number of halogens is 1. The van der Waals surface area contributed by atoms with Gasteiger partial charge in [-0.15, -0.1) is 0 Å². The van der Waals surface area contributed by atoms with Crippen molar-refractivity contribution in [3.8, 4) is 0 Å². The number of nitrogens with one attached hydrogen (secondary N) is 1. The summed E-state index contributed by atoms with van der Waals surface area (Å²) in [6.07, 6.45) is 9.75. The fraction of sp³-hybridized carbons (Fsp3) is 0.765. The zero-order valence-electron chi connectivity index (χ0n) is 13.6. The van der Waals surface area contributed by atoms with Crippen LogP contribution in [0.2, 0.25) is 0 Å². The van der Waals surface area contributed by atoms with E-state index in [1.165, 1.54) is 0 Å². The molecule has 1 aliphatic heterocycles. The number of amides is 1. The summed E-state index contributed by atoms with van der Waals surface area (Å²) < 4.78 is 8.91. The molecule has 3 fully saturated rings. The van der Waals surface area contributed by atoms with Crippen LogP contribution in [-0.2, 0) is 22.5 Å². The Hall–Kier alpha value is -0.880. The first-order valence-electron chi connectivity index (χ1n) is 8.62. The first-order valence-corrected chi connectivity index (χ1v) is 9.41. The number of imidazole rings is 1. The van der Waals surface area contributed by atoms with E-state index in [2.05, 4.69) is 30.8 Å². The highest BCUT2D eigenvalue weighted by atomic mass is 79.9. The molecule has 5 rings (SSSR count). The number of fused-ring (bicyclic) bond motifs is 4. The molecule has 0 radical (unpaired) electrons. The van der Waals surface area contributed by atoms with Gasteiger partial charge in [0.1, 0.15) is 10.4 Å². The summed E-state index contributed by atoms with van der Waals surface area (Å²) >= 11 is 3.54. The first-order chi connectivity index (χ1) is 11.1. The van der Waals surface area contributed by atoms with Gasteiger partial charge in [-0.2, -0.15) is 0 Å². The molecule has 2 heterocycles. The van der Waals surface area contributed by atoms with Gasteiger partial charge in [0.25, 0.3) is 0 Å². The third kappa shape index (κ3) is 2.54. The number of aromatic nitrogens is 2. The Kier molecular flexibility index (Phi) is 3.80. The summed E-state index contributed by atoms with van der Waals surface area (Å²) in [6, 6.07) is 0.214. The molecule has 1 unspecified atom stereocenters. The monoisotopic (exact) mass is 381 g/mol. The van der Waals surface area contributed by atoms with Crippen molar-refractivity contribution in [1.29, 1.82) is 0 Å². The molecule has 1 aromatic heterocycles. The van der Waals surface area contributed by atoms with E-state index in [1.807, 2.05) is 13.3 Å². The zero-order chi connectivity index (χ0) is 16.1. The number of carbonyl (C=O) groups excluding carboxylic acids is 1. The molecule has 0 saturated heterocycles. The number of hydrogen-bond donors (Lipinski definition) is 1. The quantitative estimate of drug-likeness (QED) is 0.875. The van der Waals surface area contributed by atoms with Crippen LogP contribution in [0.1, 0.15) is 50.8 Å². The van der Waals surface area contributed by atoms with Crippen LogP contribution >= 0.6 is 15.9 Å². The fourth-order valence-corrected chi connectivity index (χ4v) is 5.10. The van der Waals surface area contributed by atoms with Gasteiger partial charge >= 0.3 is 0 Å². The van der Waals surface area contributed by atoms with Gasteiger partial charge in [0.15, 0.2) is 0 Å². The van der Waals surface area contributed by atoms with Crippen molar-refractivity contribution in [2.24, 2.45) is 5.41 Å². The average Bonchev–Trinajstić information content (AvgIpc) is 2.97. The Morgan fingerprint density at radius 1 is 1.35 bits per heavy atom. The maximum Gasteiger partial charge on any atom is 0.226 e. The number of hydrogen-bond acceptors (Lipinski definition) is 3. The van der Waals surface area contributed by atoms with E-state index in [1.54, 1.807) is 0 Å². The largest absolute Gasteiger partial charge is 0.378 e. The Balaban J connectivity index is 1.42. The lowest BCUT2D eigenvalue weighted by Gasteiger charge is -2.51. The lowest BCUT2D eigenvalue weighted by atomic mass is 9.58. The van der Waals surface area contributed by atoms with Crippen LogP contribution in [0.5, 0.6) is 0 Å². The van der Waals surface area contributed by atoms with Crippen molar-refractivity contribution in [2.75, 3.05) is 7.11 Å². The van der Waals surface area contributed by atoms with Crippen molar-refractivity contribution in [2.45, 2.75) is 69.6 Å². The minimum Gasteiger partial charge on any atom is -0.378 e. The van der Waals surface area contributed by atoms with Gasteiger partial charge in [-0.25, -0.2) is 4.98 Å². The smallest absolute Gasteiger partial charge is 0.226 e. The number of carbonyl (C=O) groups is 1. The molecule has 3 saturated carbocycles. The number of nitrogens with zero attached hydrogens (tertiary/aromatic N) is 2. The summed E-state index contributed by atoms with van der Waals surface area (Å²) in [4.78, 5) is 17.4. The predicted molar refractivity (Wildman–Crippen MR) is 90.1 cm³/mol. The van der Waals surface area contributed by atoms with Gasteiger partial charge in [0, 0.05) is 31.5 Å². The van der Waals surface area contributed by atoms with E-state index >= 15 is 0 Å². The number of ether oxygens (including phenoxy) is 1. The van der Waals surface area contributed by atoms with Crippen molar-refractivity contribution in [1.82, 2.24) is 14.9 Å². The summed E-state index contributed by atoms with van der Waals surface area (Å²) in [5, 5.41) is 3.34.